The molecule has 0 spiro atoms. The van der Waals surface area contributed by atoms with Crippen molar-refractivity contribution >= 4 is 23.7 Å². The maximum atomic E-state index is 11.1. The summed E-state index contributed by atoms with van der Waals surface area (Å²) in [5, 5.41) is 17.4. The Morgan fingerprint density at radius 3 is 2.11 bits per heavy atom. The number of hydrogen-bond acceptors (Lipinski definition) is 3. The highest BCUT2D eigenvalue weighted by atomic mass is 32.2. The Hall–Kier alpha value is -1.49. The third-order valence-corrected chi connectivity index (χ3v) is 3.56. The number of benzene rings is 1. The van der Waals surface area contributed by atoms with Gasteiger partial charge in [-0.2, -0.15) is 0 Å². The average Bonchev–Trinajstić information content (AvgIpc) is 2.28. The zero-order chi connectivity index (χ0) is 13.7. The van der Waals surface area contributed by atoms with Gasteiger partial charge >= 0.3 is 11.9 Å². The zero-order valence-corrected chi connectivity index (χ0v) is 11.1. The summed E-state index contributed by atoms with van der Waals surface area (Å²) in [7, 11) is 0. The van der Waals surface area contributed by atoms with Gasteiger partial charge in [0.05, 0.1) is 5.56 Å². The first kappa shape index (κ1) is 14.6. The van der Waals surface area contributed by atoms with Gasteiger partial charge in [0.15, 0.2) is 0 Å². The Labute approximate surface area is 110 Å². The van der Waals surface area contributed by atoms with Crippen LogP contribution in [0.4, 0.5) is 0 Å². The van der Waals surface area contributed by atoms with Gasteiger partial charge in [0.25, 0.3) is 0 Å². The molecule has 0 aliphatic rings. The number of aromatic carboxylic acids is 1. The number of rotatable bonds is 6. The van der Waals surface area contributed by atoms with Crippen LogP contribution in [0.5, 0.6) is 0 Å². The van der Waals surface area contributed by atoms with Crippen LogP contribution < -0.4 is 0 Å². The van der Waals surface area contributed by atoms with Gasteiger partial charge in [-0.1, -0.05) is 13.8 Å². The summed E-state index contributed by atoms with van der Waals surface area (Å²) in [4.78, 5) is 22.6. The van der Waals surface area contributed by atoms with E-state index < -0.39 is 17.2 Å². The van der Waals surface area contributed by atoms with E-state index in [4.69, 9.17) is 10.2 Å². The molecule has 0 bridgehead atoms. The van der Waals surface area contributed by atoms with Crippen LogP contribution in [0.15, 0.2) is 29.2 Å². The molecule has 1 aromatic carbocycles. The molecule has 1 aromatic rings. The SMILES string of the molecule is CC(C)CC(Sc1ccc(C(=O)O)cc1)C(=O)O. The molecule has 2 N–H and O–H groups in total. The van der Waals surface area contributed by atoms with Crippen LogP contribution in [-0.4, -0.2) is 27.4 Å². The minimum absolute atomic E-state index is 0.204. The Bertz CT molecular complexity index is 425. The lowest BCUT2D eigenvalue weighted by atomic mass is 10.1. The number of carboxylic acids is 2. The molecule has 4 nitrogen and oxygen atoms in total. The van der Waals surface area contributed by atoms with Gasteiger partial charge < -0.3 is 10.2 Å². The molecular formula is C13H16O4S. The quantitative estimate of drug-likeness (QED) is 0.776. The molecule has 0 fully saturated rings. The lowest BCUT2D eigenvalue weighted by Gasteiger charge is -2.14. The van der Waals surface area contributed by atoms with E-state index in [1.807, 2.05) is 13.8 Å². The van der Waals surface area contributed by atoms with E-state index in [-0.39, 0.29) is 5.56 Å². The highest BCUT2D eigenvalue weighted by molar-refractivity contribution is 8.00. The fraction of sp³-hybridized carbons (Fsp3) is 0.385. The Morgan fingerprint density at radius 2 is 1.72 bits per heavy atom. The number of aliphatic carboxylic acids is 1. The first-order chi connectivity index (χ1) is 8.40. The van der Waals surface area contributed by atoms with E-state index in [1.165, 1.54) is 23.9 Å². The first-order valence-corrected chi connectivity index (χ1v) is 6.51. The van der Waals surface area contributed by atoms with Crippen molar-refractivity contribution in [2.45, 2.75) is 30.4 Å². The van der Waals surface area contributed by atoms with Gasteiger partial charge in [-0.15, -0.1) is 11.8 Å². The van der Waals surface area contributed by atoms with E-state index in [2.05, 4.69) is 0 Å². The predicted octanol–water partition coefficient (Wildman–Crippen LogP) is 2.98. The van der Waals surface area contributed by atoms with Crippen LogP contribution in [0.2, 0.25) is 0 Å². The highest BCUT2D eigenvalue weighted by Crippen LogP contribution is 2.28. The number of hydrogen-bond donors (Lipinski definition) is 2. The van der Waals surface area contributed by atoms with Crippen molar-refractivity contribution in [3.05, 3.63) is 29.8 Å². The predicted molar refractivity (Wildman–Crippen MR) is 70.1 cm³/mol. The van der Waals surface area contributed by atoms with E-state index in [1.54, 1.807) is 12.1 Å². The highest BCUT2D eigenvalue weighted by Gasteiger charge is 2.20. The molecular weight excluding hydrogens is 252 g/mol. The van der Waals surface area contributed by atoms with Gasteiger partial charge in [0.2, 0.25) is 0 Å². The van der Waals surface area contributed by atoms with E-state index in [0.29, 0.717) is 12.3 Å². The standard InChI is InChI=1S/C13H16O4S/c1-8(2)7-11(13(16)17)18-10-5-3-9(4-6-10)12(14)15/h3-6,8,11H,7H2,1-2H3,(H,14,15)(H,16,17). The van der Waals surface area contributed by atoms with Gasteiger partial charge in [-0.3, -0.25) is 4.79 Å². The molecule has 0 saturated heterocycles. The summed E-state index contributed by atoms with van der Waals surface area (Å²) < 4.78 is 0. The summed E-state index contributed by atoms with van der Waals surface area (Å²) in [6, 6.07) is 6.26. The van der Waals surface area contributed by atoms with Crippen LogP contribution in [0.1, 0.15) is 30.6 Å². The molecule has 98 valence electrons. The van der Waals surface area contributed by atoms with Crippen molar-refractivity contribution in [3.63, 3.8) is 0 Å². The lowest BCUT2D eigenvalue weighted by Crippen LogP contribution is -2.18. The summed E-state index contributed by atoms with van der Waals surface area (Å²) in [5.74, 6) is -1.52. The summed E-state index contributed by atoms with van der Waals surface area (Å²) in [5.41, 5.74) is 0.204. The van der Waals surface area contributed by atoms with Gasteiger partial charge in [0.1, 0.15) is 5.25 Å². The number of thioether (sulfide) groups is 1. The van der Waals surface area contributed by atoms with Crippen molar-refractivity contribution in [1.29, 1.82) is 0 Å². The second-order valence-corrected chi connectivity index (χ2v) is 5.68. The zero-order valence-electron chi connectivity index (χ0n) is 10.3. The molecule has 0 aliphatic heterocycles. The summed E-state index contributed by atoms with van der Waals surface area (Å²) in [6.45, 7) is 3.95. The molecule has 5 heteroatoms. The molecule has 0 amide bonds. The second-order valence-electron chi connectivity index (χ2n) is 4.40. The van der Waals surface area contributed by atoms with E-state index in [0.717, 1.165) is 4.90 Å². The van der Waals surface area contributed by atoms with Crippen LogP contribution in [0.3, 0.4) is 0 Å². The van der Waals surface area contributed by atoms with Crippen molar-refractivity contribution in [1.82, 2.24) is 0 Å². The maximum Gasteiger partial charge on any atom is 0.335 e. The lowest BCUT2D eigenvalue weighted by molar-refractivity contribution is -0.136. The van der Waals surface area contributed by atoms with Crippen molar-refractivity contribution in [3.8, 4) is 0 Å². The van der Waals surface area contributed by atoms with Gasteiger partial charge in [-0.25, -0.2) is 4.79 Å². The Kier molecular flexibility index (Phi) is 5.22. The average molecular weight is 268 g/mol. The minimum atomic E-state index is -0.983. The van der Waals surface area contributed by atoms with Crippen LogP contribution in [0.25, 0.3) is 0 Å². The van der Waals surface area contributed by atoms with Crippen LogP contribution in [0, 0.1) is 5.92 Å². The largest absolute Gasteiger partial charge is 0.480 e. The molecule has 0 saturated carbocycles. The van der Waals surface area contributed by atoms with Gasteiger partial charge in [0, 0.05) is 4.90 Å². The Balaban J connectivity index is 2.75. The van der Waals surface area contributed by atoms with Crippen molar-refractivity contribution < 1.29 is 19.8 Å². The third-order valence-electron chi connectivity index (χ3n) is 2.34. The van der Waals surface area contributed by atoms with Crippen molar-refractivity contribution in [2.24, 2.45) is 5.92 Å². The number of carboxylic acid groups (broad SMARTS) is 2. The van der Waals surface area contributed by atoms with Crippen LogP contribution in [-0.2, 0) is 4.79 Å². The minimum Gasteiger partial charge on any atom is -0.480 e. The second kappa shape index (κ2) is 6.44. The smallest absolute Gasteiger partial charge is 0.335 e. The first-order valence-electron chi connectivity index (χ1n) is 5.63. The topological polar surface area (TPSA) is 74.6 Å². The molecule has 0 radical (unpaired) electrons. The maximum absolute atomic E-state index is 11.1. The summed E-state index contributed by atoms with van der Waals surface area (Å²) in [6.07, 6.45) is 0.584. The monoisotopic (exact) mass is 268 g/mol. The van der Waals surface area contributed by atoms with Crippen LogP contribution >= 0.6 is 11.8 Å². The fourth-order valence-corrected chi connectivity index (χ4v) is 2.67. The Morgan fingerprint density at radius 1 is 1.17 bits per heavy atom. The normalized spacial score (nSPS) is 12.4. The molecule has 18 heavy (non-hydrogen) atoms. The fourth-order valence-electron chi connectivity index (χ4n) is 1.47. The van der Waals surface area contributed by atoms with Gasteiger partial charge in [-0.05, 0) is 36.6 Å². The van der Waals surface area contributed by atoms with E-state index in [9.17, 15) is 9.59 Å². The van der Waals surface area contributed by atoms with Crippen molar-refractivity contribution in [2.75, 3.05) is 0 Å². The third kappa shape index (κ3) is 4.41. The molecule has 0 aromatic heterocycles. The molecule has 1 atom stereocenters. The molecule has 0 heterocycles. The molecule has 1 unspecified atom stereocenters. The van der Waals surface area contributed by atoms with E-state index >= 15 is 0 Å². The number of carbonyl (C=O) groups is 2. The molecule has 0 aliphatic carbocycles. The molecule has 1 rings (SSSR count). The summed E-state index contributed by atoms with van der Waals surface area (Å²) >= 11 is 1.25.